The highest BCUT2D eigenvalue weighted by molar-refractivity contribution is 8.00. The molecule has 6 nitrogen and oxygen atoms in total. The zero-order valence-electron chi connectivity index (χ0n) is 19.7. The van der Waals surface area contributed by atoms with Crippen LogP contribution in [0.1, 0.15) is 42.7 Å². The number of hydrogen-bond donors (Lipinski definition) is 0. The molecule has 0 bridgehead atoms. The van der Waals surface area contributed by atoms with Crippen LogP contribution in [0.2, 0.25) is 0 Å². The van der Waals surface area contributed by atoms with Crippen molar-refractivity contribution in [2.75, 3.05) is 24.7 Å². The summed E-state index contributed by atoms with van der Waals surface area (Å²) in [6.45, 7) is 10.4. The number of ether oxygens (including phenoxy) is 1. The number of carbonyl (C=O) groups is 1. The van der Waals surface area contributed by atoms with Gasteiger partial charge >= 0.3 is 0 Å². The minimum Gasteiger partial charge on any atom is -0.382 e. The van der Waals surface area contributed by atoms with Crippen LogP contribution in [-0.4, -0.2) is 40.5 Å². The number of hydrogen-bond acceptors (Lipinski definition) is 6. The van der Waals surface area contributed by atoms with Crippen LogP contribution in [0, 0.1) is 13.8 Å². The molecule has 1 atom stereocenters. The van der Waals surface area contributed by atoms with Crippen molar-refractivity contribution < 1.29 is 9.53 Å². The van der Waals surface area contributed by atoms with E-state index in [1.807, 2.05) is 50.8 Å². The first-order valence-corrected chi connectivity index (χ1v) is 13.3. The van der Waals surface area contributed by atoms with E-state index in [9.17, 15) is 9.59 Å². The quantitative estimate of drug-likeness (QED) is 0.256. The molecule has 0 saturated heterocycles. The summed E-state index contributed by atoms with van der Waals surface area (Å²) in [7, 11) is 0. The number of benzene rings is 1. The SMILES string of the molecule is CCOCCCn1c(S[C@H](C)C(=O)N2CCCc3ccccc32)nc2sc(C)c(C)c2c1=O. The maximum absolute atomic E-state index is 13.5. The number of thioether (sulfide) groups is 1. The Kier molecular flexibility index (Phi) is 7.56. The number of anilines is 1. The number of carbonyl (C=O) groups excluding carboxylic acids is 1. The molecule has 1 amide bonds. The van der Waals surface area contributed by atoms with E-state index < -0.39 is 0 Å². The average Bonchev–Trinajstić information content (AvgIpc) is 3.10. The van der Waals surface area contributed by atoms with Gasteiger partial charge in [-0.2, -0.15) is 0 Å². The molecule has 0 fully saturated rings. The van der Waals surface area contributed by atoms with Crippen LogP contribution >= 0.6 is 23.1 Å². The molecular weight excluding hydrogens is 454 g/mol. The van der Waals surface area contributed by atoms with Crippen LogP contribution in [0.4, 0.5) is 5.69 Å². The van der Waals surface area contributed by atoms with Gasteiger partial charge in [0.05, 0.1) is 10.6 Å². The number of aromatic nitrogens is 2. The molecule has 8 heteroatoms. The van der Waals surface area contributed by atoms with Gasteiger partial charge in [-0.15, -0.1) is 11.3 Å². The van der Waals surface area contributed by atoms with Crippen molar-refractivity contribution in [2.45, 2.75) is 63.9 Å². The second-order valence-corrected chi connectivity index (χ2v) is 10.9. The van der Waals surface area contributed by atoms with Crippen molar-refractivity contribution in [1.29, 1.82) is 0 Å². The van der Waals surface area contributed by atoms with Gasteiger partial charge < -0.3 is 9.64 Å². The van der Waals surface area contributed by atoms with Crippen LogP contribution in [-0.2, 0) is 22.5 Å². The van der Waals surface area contributed by atoms with Gasteiger partial charge in [0.15, 0.2) is 5.16 Å². The first kappa shape index (κ1) is 24.0. The molecule has 176 valence electrons. The molecular formula is C25H31N3O3S2. The number of aryl methyl sites for hydroxylation is 3. The van der Waals surface area contributed by atoms with E-state index in [0.29, 0.717) is 30.3 Å². The topological polar surface area (TPSA) is 64.4 Å². The maximum atomic E-state index is 13.5. The summed E-state index contributed by atoms with van der Waals surface area (Å²) in [5, 5.41) is 0.944. The predicted molar refractivity (Wildman–Crippen MR) is 137 cm³/mol. The Hall–Kier alpha value is -2.16. The fraction of sp³-hybridized carbons (Fsp3) is 0.480. The minimum absolute atomic E-state index is 0.0242. The largest absolute Gasteiger partial charge is 0.382 e. The summed E-state index contributed by atoms with van der Waals surface area (Å²) in [5.41, 5.74) is 3.19. The number of thiophene rings is 1. The van der Waals surface area contributed by atoms with Gasteiger partial charge in [0.2, 0.25) is 5.91 Å². The maximum Gasteiger partial charge on any atom is 0.263 e. The van der Waals surface area contributed by atoms with Crippen molar-refractivity contribution in [2.24, 2.45) is 0 Å². The normalized spacial score (nSPS) is 14.5. The molecule has 3 aromatic rings. The predicted octanol–water partition coefficient (Wildman–Crippen LogP) is 4.96. The molecule has 4 rings (SSSR count). The molecule has 1 aromatic carbocycles. The van der Waals surface area contributed by atoms with Crippen molar-refractivity contribution in [3.8, 4) is 0 Å². The highest BCUT2D eigenvalue weighted by Crippen LogP contribution is 2.32. The Bertz CT molecular complexity index is 1220. The van der Waals surface area contributed by atoms with Crippen molar-refractivity contribution >= 4 is 44.9 Å². The number of amides is 1. The third-order valence-corrected chi connectivity index (χ3v) is 8.31. The molecule has 0 unspecified atom stereocenters. The van der Waals surface area contributed by atoms with E-state index in [1.54, 1.807) is 15.9 Å². The molecule has 0 radical (unpaired) electrons. The van der Waals surface area contributed by atoms with E-state index in [4.69, 9.17) is 9.72 Å². The fourth-order valence-corrected chi connectivity index (χ4v) is 6.32. The van der Waals surface area contributed by atoms with Gasteiger partial charge in [-0.05, 0) is 64.2 Å². The summed E-state index contributed by atoms with van der Waals surface area (Å²) in [6, 6.07) is 8.12. The summed E-state index contributed by atoms with van der Waals surface area (Å²) >= 11 is 2.93. The molecule has 0 N–H and O–H groups in total. The Balaban J connectivity index is 1.64. The molecule has 0 spiro atoms. The first-order chi connectivity index (χ1) is 15.9. The smallest absolute Gasteiger partial charge is 0.263 e. The highest BCUT2D eigenvalue weighted by atomic mass is 32.2. The first-order valence-electron chi connectivity index (χ1n) is 11.6. The molecule has 0 saturated carbocycles. The standard InChI is InChI=1S/C25H31N3O3S2/c1-5-31-15-9-14-28-24(30)21-16(2)17(3)32-22(21)26-25(28)33-18(4)23(29)27-13-8-11-19-10-6-7-12-20(19)27/h6-7,10,12,18H,5,8-9,11,13-15H2,1-4H3/t18-/m1/s1. The van der Waals surface area contributed by atoms with E-state index in [2.05, 4.69) is 6.07 Å². The third-order valence-electron chi connectivity index (χ3n) is 6.13. The molecule has 3 heterocycles. The van der Waals surface area contributed by atoms with Crippen LogP contribution in [0.25, 0.3) is 10.2 Å². The second kappa shape index (κ2) is 10.4. The fourth-order valence-electron chi connectivity index (χ4n) is 4.26. The zero-order chi connectivity index (χ0) is 23.5. The molecule has 0 aliphatic carbocycles. The number of rotatable bonds is 8. The molecule has 2 aromatic heterocycles. The van der Waals surface area contributed by atoms with Gasteiger partial charge in [-0.25, -0.2) is 4.98 Å². The lowest BCUT2D eigenvalue weighted by molar-refractivity contribution is -0.117. The lowest BCUT2D eigenvalue weighted by Crippen LogP contribution is -2.40. The molecule has 1 aliphatic rings. The summed E-state index contributed by atoms with van der Waals surface area (Å²) < 4.78 is 7.22. The lowest BCUT2D eigenvalue weighted by atomic mass is 10.0. The Morgan fingerprint density at radius 2 is 2.09 bits per heavy atom. The van der Waals surface area contributed by atoms with Crippen molar-refractivity contribution in [1.82, 2.24) is 9.55 Å². The summed E-state index contributed by atoms with van der Waals surface area (Å²) in [4.78, 5) is 35.5. The number of para-hydroxylation sites is 1. The van der Waals surface area contributed by atoms with E-state index in [-0.39, 0.29) is 16.7 Å². The van der Waals surface area contributed by atoms with Crippen LogP contribution in [0.5, 0.6) is 0 Å². The Morgan fingerprint density at radius 3 is 2.88 bits per heavy atom. The van der Waals surface area contributed by atoms with E-state index in [0.717, 1.165) is 46.8 Å². The average molecular weight is 486 g/mol. The molecule has 33 heavy (non-hydrogen) atoms. The van der Waals surface area contributed by atoms with Gasteiger partial charge in [0.25, 0.3) is 5.56 Å². The zero-order valence-corrected chi connectivity index (χ0v) is 21.4. The Morgan fingerprint density at radius 1 is 1.30 bits per heavy atom. The van der Waals surface area contributed by atoms with Crippen molar-refractivity contribution in [3.63, 3.8) is 0 Å². The van der Waals surface area contributed by atoms with Crippen LogP contribution in [0.3, 0.4) is 0 Å². The second-order valence-electron chi connectivity index (χ2n) is 8.35. The van der Waals surface area contributed by atoms with Gasteiger partial charge in [0.1, 0.15) is 4.83 Å². The summed E-state index contributed by atoms with van der Waals surface area (Å²) in [5.74, 6) is 0.0564. The molecule has 1 aliphatic heterocycles. The van der Waals surface area contributed by atoms with E-state index >= 15 is 0 Å². The van der Waals surface area contributed by atoms with E-state index in [1.165, 1.54) is 17.3 Å². The van der Waals surface area contributed by atoms with Gasteiger partial charge in [-0.1, -0.05) is 30.0 Å². The number of fused-ring (bicyclic) bond motifs is 2. The van der Waals surface area contributed by atoms with Gasteiger partial charge in [0, 0.05) is 36.9 Å². The summed E-state index contributed by atoms with van der Waals surface area (Å²) in [6.07, 6.45) is 2.68. The monoisotopic (exact) mass is 485 g/mol. The van der Waals surface area contributed by atoms with Crippen LogP contribution < -0.4 is 10.5 Å². The Labute approximate surface area is 203 Å². The minimum atomic E-state index is -0.360. The highest BCUT2D eigenvalue weighted by Gasteiger charge is 2.28. The third kappa shape index (κ3) is 4.88. The lowest BCUT2D eigenvalue weighted by Gasteiger charge is -2.31. The van der Waals surface area contributed by atoms with Crippen LogP contribution in [0.15, 0.2) is 34.2 Å². The number of nitrogens with zero attached hydrogens (tertiary/aromatic N) is 3. The van der Waals surface area contributed by atoms with Gasteiger partial charge in [-0.3, -0.25) is 14.2 Å². The van der Waals surface area contributed by atoms with Crippen molar-refractivity contribution in [3.05, 3.63) is 50.6 Å².